The summed E-state index contributed by atoms with van der Waals surface area (Å²) in [5.41, 5.74) is 1.28. The predicted molar refractivity (Wildman–Crippen MR) is 208 cm³/mol. The normalized spacial score (nSPS) is 40.6. The fraction of sp³-hybridized carbons (Fsp3) is 0.814. The van der Waals surface area contributed by atoms with E-state index in [0.29, 0.717) is 62.5 Å². The summed E-state index contributed by atoms with van der Waals surface area (Å²) in [5.74, 6) is -7.11. The summed E-state index contributed by atoms with van der Waals surface area (Å²) >= 11 is 0. The van der Waals surface area contributed by atoms with E-state index in [-0.39, 0.29) is 55.4 Å². The molecule has 3 fully saturated rings. The molecule has 1 saturated carbocycles. The highest BCUT2D eigenvalue weighted by atomic mass is 16.7. The van der Waals surface area contributed by atoms with Crippen LogP contribution in [0.4, 0.5) is 0 Å². The molecule has 0 aromatic heterocycles. The Balaban J connectivity index is 1.76. The molecule has 318 valence electrons. The van der Waals surface area contributed by atoms with E-state index >= 15 is 0 Å². The summed E-state index contributed by atoms with van der Waals surface area (Å²) in [6.45, 7) is 11.3. The number of Topliss-reactive ketones (excluding diaryl/α,β-unsaturated/α-hetero) is 2. The van der Waals surface area contributed by atoms with E-state index < -0.39 is 77.9 Å². The maximum Gasteiger partial charge on any atom is 0.329 e. The number of amides is 1. The van der Waals surface area contributed by atoms with Crippen LogP contribution in [0.5, 0.6) is 0 Å². The van der Waals surface area contributed by atoms with Crippen molar-refractivity contribution < 1.29 is 58.2 Å². The summed E-state index contributed by atoms with van der Waals surface area (Å²) in [7, 11) is 4.63. The molecule has 2 saturated heterocycles. The molecule has 0 spiro atoms. The van der Waals surface area contributed by atoms with Gasteiger partial charge < -0.3 is 43.9 Å². The Hall–Kier alpha value is -2.52. The Kier molecular flexibility index (Phi) is 16.9. The van der Waals surface area contributed by atoms with Crippen molar-refractivity contribution in [2.24, 2.45) is 29.6 Å². The largest absolute Gasteiger partial charge is 0.456 e. The highest BCUT2D eigenvalue weighted by Gasteiger charge is 2.56. The number of rotatable bonds is 6. The molecular weight excluding hydrogens is 722 g/mol. The SMILES string of the molecule is CCC1=CC(C)C[C@H](C)C[C@H](OC)C2O[C@@](O)(C(=O)C(=O)N3CCCC[C@H]3C(=O)O[C@H](C(C)=C[C@@H]3CC[C@@H](O)[C@H](OC)C3)[C@H](C)[C@@H](O)CC1=O)[C@H](C)C[C@@H]2OC. The van der Waals surface area contributed by atoms with Gasteiger partial charge in [-0.25, -0.2) is 4.79 Å². The highest BCUT2D eigenvalue weighted by Crippen LogP contribution is 2.39. The van der Waals surface area contributed by atoms with Crippen molar-refractivity contribution in [1.82, 2.24) is 4.90 Å². The molecule has 4 aliphatic rings. The Morgan fingerprint density at radius 2 is 1.55 bits per heavy atom. The number of ether oxygens (including phenoxy) is 5. The van der Waals surface area contributed by atoms with Crippen LogP contribution in [0.1, 0.15) is 112 Å². The number of carbonyl (C=O) groups excluding carboxylic acids is 4. The first-order valence-electron chi connectivity index (χ1n) is 20.8. The molecule has 1 aliphatic carbocycles. The Bertz CT molecular complexity index is 1430. The second-order valence-corrected chi connectivity index (χ2v) is 17.1. The third kappa shape index (κ3) is 10.7. The molecular formula is C43H69NO12. The minimum absolute atomic E-state index is 0.000447. The third-order valence-electron chi connectivity index (χ3n) is 12.9. The first-order valence-corrected chi connectivity index (χ1v) is 20.8. The molecule has 4 rings (SSSR count). The Morgan fingerprint density at radius 3 is 2.20 bits per heavy atom. The molecule has 13 heteroatoms. The van der Waals surface area contributed by atoms with Gasteiger partial charge in [0.05, 0.1) is 30.5 Å². The van der Waals surface area contributed by atoms with Crippen LogP contribution in [0, 0.1) is 29.6 Å². The fourth-order valence-corrected chi connectivity index (χ4v) is 9.42. The molecule has 3 heterocycles. The van der Waals surface area contributed by atoms with E-state index in [0.717, 1.165) is 0 Å². The van der Waals surface area contributed by atoms with Crippen molar-refractivity contribution in [1.29, 1.82) is 0 Å². The number of methoxy groups -OCH3 is 3. The van der Waals surface area contributed by atoms with Crippen LogP contribution in [0.3, 0.4) is 0 Å². The van der Waals surface area contributed by atoms with Gasteiger partial charge in [-0.2, -0.15) is 0 Å². The van der Waals surface area contributed by atoms with E-state index in [1.54, 1.807) is 21.0 Å². The molecule has 14 atom stereocenters. The lowest BCUT2D eigenvalue weighted by Crippen LogP contribution is -2.64. The van der Waals surface area contributed by atoms with Crippen molar-refractivity contribution in [3.05, 3.63) is 23.3 Å². The average Bonchev–Trinajstić information content (AvgIpc) is 3.18. The van der Waals surface area contributed by atoms with Crippen molar-refractivity contribution in [2.75, 3.05) is 27.9 Å². The summed E-state index contributed by atoms with van der Waals surface area (Å²) in [5, 5.41) is 34.1. The summed E-state index contributed by atoms with van der Waals surface area (Å²) < 4.78 is 29.7. The second kappa shape index (κ2) is 20.4. The monoisotopic (exact) mass is 791 g/mol. The van der Waals surface area contributed by atoms with Crippen molar-refractivity contribution in [3.8, 4) is 0 Å². The van der Waals surface area contributed by atoms with Gasteiger partial charge in [0.2, 0.25) is 5.79 Å². The van der Waals surface area contributed by atoms with Gasteiger partial charge in [0.15, 0.2) is 5.78 Å². The van der Waals surface area contributed by atoms with Crippen LogP contribution in [-0.2, 0) is 42.9 Å². The van der Waals surface area contributed by atoms with E-state index in [4.69, 9.17) is 23.7 Å². The number of esters is 1. The minimum atomic E-state index is -2.50. The lowest BCUT2D eigenvalue weighted by atomic mass is 9.81. The summed E-state index contributed by atoms with van der Waals surface area (Å²) in [6.07, 6.45) is 3.70. The van der Waals surface area contributed by atoms with Crippen LogP contribution >= 0.6 is 0 Å². The number of allylic oxidation sites excluding steroid dienone is 3. The number of aliphatic hydroxyl groups is 3. The number of aliphatic hydroxyl groups excluding tert-OH is 2. The molecule has 0 radical (unpaired) electrons. The number of cyclic esters (lactones) is 1. The molecule has 3 N–H and O–H groups in total. The van der Waals surface area contributed by atoms with E-state index in [1.165, 1.54) is 19.1 Å². The fourth-order valence-electron chi connectivity index (χ4n) is 9.42. The maximum atomic E-state index is 14.3. The second-order valence-electron chi connectivity index (χ2n) is 17.1. The van der Waals surface area contributed by atoms with Crippen LogP contribution in [0.25, 0.3) is 0 Å². The zero-order valence-corrected chi connectivity index (χ0v) is 35.1. The number of carbonyl (C=O) groups is 4. The topological polar surface area (TPSA) is 178 Å². The Morgan fingerprint density at radius 1 is 0.893 bits per heavy atom. The number of nitrogens with zero attached hydrogens (tertiary/aromatic N) is 1. The first kappa shape index (κ1) is 46.2. The van der Waals surface area contributed by atoms with Crippen molar-refractivity contribution >= 4 is 23.4 Å². The van der Waals surface area contributed by atoms with Gasteiger partial charge in [-0.3, -0.25) is 14.4 Å². The number of ketones is 2. The maximum absolute atomic E-state index is 14.3. The zero-order valence-electron chi connectivity index (χ0n) is 35.1. The van der Waals surface area contributed by atoms with Gasteiger partial charge in [0, 0.05) is 46.1 Å². The molecule has 2 unspecified atom stereocenters. The van der Waals surface area contributed by atoms with Gasteiger partial charge in [-0.1, -0.05) is 46.8 Å². The standard InChI is InChI=1S/C43H69NO12/c1-10-30-18-24(2)17-25(3)19-36(53-8)39-37(54-9)21-27(5)43(51,56-39)40(48)41(49)44-16-12-11-13-31(44)42(50)55-38(28(6)33(46)23-34(30)47)26(4)20-29-14-15-32(45)35(22-29)52-7/h18,20,24-25,27-29,31-33,35-39,45-46,51H,10-17,19,21-23H2,1-9H3/t24?,25-,27+,28+,29-,31-,32+,33-,35+,36-,37-,38+,39?,43+/m0/s1. The molecule has 1 amide bonds. The van der Waals surface area contributed by atoms with E-state index in [1.807, 2.05) is 32.9 Å². The van der Waals surface area contributed by atoms with Gasteiger partial charge in [0.25, 0.3) is 11.7 Å². The van der Waals surface area contributed by atoms with Gasteiger partial charge in [0.1, 0.15) is 18.2 Å². The number of hydrogen-bond donors (Lipinski definition) is 3. The van der Waals surface area contributed by atoms with Crippen LogP contribution < -0.4 is 0 Å². The van der Waals surface area contributed by atoms with Crippen molar-refractivity contribution in [2.45, 2.75) is 167 Å². The van der Waals surface area contributed by atoms with Gasteiger partial charge >= 0.3 is 5.97 Å². The van der Waals surface area contributed by atoms with E-state index in [2.05, 4.69) is 6.92 Å². The molecule has 56 heavy (non-hydrogen) atoms. The number of piperidine rings is 1. The lowest BCUT2D eigenvalue weighted by molar-refractivity contribution is -0.302. The number of hydrogen-bond acceptors (Lipinski definition) is 12. The zero-order chi connectivity index (χ0) is 41.5. The van der Waals surface area contributed by atoms with Crippen LogP contribution in [0.15, 0.2) is 23.3 Å². The predicted octanol–water partition coefficient (Wildman–Crippen LogP) is 4.47. The lowest BCUT2D eigenvalue weighted by Gasteiger charge is -2.47. The smallest absolute Gasteiger partial charge is 0.329 e. The van der Waals surface area contributed by atoms with Crippen LogP contribution in [0.2, 0.25) is 0 Å². The third-order valence-corrected chi connectivity index (χ3v) is 12.9. The van der Waals surface area contributed by atoms with E-state index in [9.17, 15) is 34.5 Å². The number of fused-ring (bicyclic) bond motifs is 3. The van der Waals surface area contributed by atoms with Gasteiger partial charge in [-0.05, 0) is 100 Å². The summed E-state index contributed by atoms with van der Waals surface area (Å²) in [4.78, 5) is 57.6. The highest BCUT2D eigenvalue weighted by molar-refractivity contribution is 6.39. The summed E-state index contributed by atoms with van der Waals surface area (Å²) in [6, 6.07) is -1.13. The van der Waals surface area contributed by atoms with Crippen LogP contribution in [-0.4, -0.2) is 126 Å². The first-order chi connectivity index (χ1) is 26.5. The molecule has 0 aromatic carbocycles. The minimum Gasteiger partial charge on any atom is -0.456 e. The molecule has 13 nitrogen and oxygen atoms in total. The van der Waals surface area contributed by atoms with Gasteiger partial charge in [-0.15, -0.1) is 0 Å². The molecule has 3 aliphatic heterocycles. The van der Waals surface area contributed by atoms with Crippen molar-refractivity contribution in [3.63, 3.8) is 0 Å². The molecule has 0 aromatic rings. The molecule has 2 bridgehead atoms. The quantitative estimate of drug-likeness (QED) is 0.196. The average molecular weight is 792 g/mol. The Labute approximate surface area is 333 Å².